The van der Waals surface area contributed by atoms with Gasteiger partial charge >= 0.3 is 0 Å². The molecule has 0 aromatic heterocycles. The van der Waals surface area contributed by atoms with Crippen molar-refractivity contribution in [3.8, 4) is 11.5 Å². The average Bonchev–Trinajstić information content (AvgIpc) is 3.19. The Labute approximate surface area is 186 Å². The van der Waals surface area contributed by atoms with Crippen LogP contribution < -0.4 is 25.0 Å². The van der Waals surface area contributed by atoms with Gasteiger partial charge in [-0.25, -0.2) is 0 Å². The normalized spacial score (nSPS) is 18.4. The summed E-state index contributed by atoms with van der Waals surface area (Å²) in [6, 6.07) is 13.7. The van der Waals surface area contributed by atoms with E-state index in [1.807, 2.05) is 44.2 Å². The third kappa shape index (κ3) is 4.69. The zero-order valence-electron chi connectivity index (χ0n) is 18.2. The lowest BCUT2D eigenvalue weighted by Crippen LogP contribution is -2.49. The molecule has 1 saturated heterocycles. The molecule has 0 bridgehead atoms. The van der Waals surface area contributed by atoms with Gasteiger partial charge < -0.3 is 25.0 Å². The lowest BCUT2D eigenvalue weighted by molar-refractivity contribution is -0.130. The van der Waals surface area contributed by atoms with E-state index in [0.29, 0.717) is 36.9 Å². The fraction of sp³-hybridized carbons (Fsp3) is 0.375. The molecule has 4 rings (SSSR count). The Morgan fingerprint density at radius 2 is 1.75 bits per heavy atom. The molecule has 8 heteroatoms. The smallest absolute Gasteiger partial charge is 0.247 e. The van der Waals surface area contributed by atoms with Crippen molar-refractivity contribution in [3.05, 3.63) is 48.5 Å². The molecule has 0 unspecified atom stereocenters. The maximum absolute atomic E-state index is 12.9. The number of ether oxygens (including phenoxy) is 2. The highest BCUT2D eigenvalue weighted by Gasteiger charge is 2.37. The molecule has 0 aliphatic carbocycles. The van der Waals surface area contributed by atoms with Crippen molar-refractivity contribution < 1.29 is 23.9 Å². The van der Waals surface area contributed by atoms with Gasteiger partial charge in [0.25, 0.3) is 0 Å². The van der Waals surface area contributed by atoms with E-state index in [0.717, 1.165) is 5.69 Å². The van der Waals surface area contributed by atoms with Crippen LogP contribution in [0.15, 0.2) is 48.5 Å². The maximum Gasteiger partial charge on any atom is 0.247 e. The van der Waals surface area contributed by atoms with Crippen molar-refractivity contribution in [3.63, 3.8) is 0 Å². The third-order valence-electron chi connectivity index (χ3n) is 5.62. The van der Waals surface area contributed by atoms with Gasteiger partial charge in [-0.05, 0) is 30.2 Å². The minimum Gasteiger partial charge on any atom is -0.486 e. The lowest BCUT2D eigenvalue weighted by Gasteiger charge is -2.24. The van der Waals surface area contributed by atoms with Crippen LogP contribution in [0, 0.1) is 11.8 Å². The highest BCUT2D eigenvalue weighted by Crippen LogP contribution is 2.32. The van der Waals surface area contributed by atoms with E-state index in [9.17, 15) is 14.4 Å². The minimum absolute atomic E-state index is 0.0989. The van der Waals surface area contributed by atoms with E-state index in [1.165, 1.54) is 0 Å². The number of fused-ring (bicyclic) bond motifs is 1. The number of carbonyl (C=O) groups excluding carboxylic acids is 3. The van der Waals surface area contributed by atoms with Crippen molar-refractivity contribution in [2.75, 3.05) is 30.0 Å². The summed E-state index contributed by atoms with van der Waals surface area (Å²) in [7, 11) is 0. The number of anilines is 2. The number of para-hydroxylation sites is 1. The Kier molecular flexibility index (Phi) is 6.30. The van der Waals surface area contributed by atoms with Gasteiger partial charge in [0.15, 0.2) is 11.5 Å². The zero-order valence-corrected chi connectivity index (χ0v) is 18.2. The molecule has 3 amide bonds. The van der Waals surface area contributed by atoms with Crippen LogP contribution in [0.3, 0.4) is 0 Å². The summed E-state index contributed by atoms with van der Waals surface area (Å²) in [5, 5.41) is 5.69. The second-order valence-electron chi connectivity index (χ2n) is 8.32. The highest BCUT2D eigenvalue weighted by molar-refractivity contribution is 6.02. The summed E-state index contributed by atoms with van der Waals surface area (Å²) < 4.78 is 11.1. The standard InChI is InChI=1S/C24H27N3O5/c1-15(2)22(24(30)25-17-8-9-19-20(13-17)32-11-10-31-19)26-23(29)16-12-21(28)27(14-16)18-6-4-3-5-7-18/h3-9,13,15-16,22H,10-12,14H2,1-2H3,(H,25,30)(H,26,29)/t16-,22+/m0/s1. The fourth-order valence-electron chi connectivity index (χ4n) is 3.89. The van der Waals surface area contributed by atoms with Gasteiger partial charge in [0.2, 0.25) is 17.7 Å². The Balaban J connectivity index is 1.40. The molecule has 2 aromatic carbocycles. The molecule has 2 atom stereocenters. The first-order valence-electron chi connectivity index (χ1n) is 10.8. The zero-order chi connectivity index (χ0) is 22.7. The Morgan fingerprint density at radius 1 is 1.03 bits per heavy atom. The largest absolute Gasteiger partial charge is 0.486 e. The van der Waals surface area contributed by atoms with Crippen molar-refractivity contribution in [1.29, 1.82) is 0 Å². The molecule has 0 saturated carbocycles. The van der Waals surface area contributed by atoms with Crippen LogP contribution in [0.2, 0.25) is 0 Å². The Bertz CT molecular complexity index is 1010. The number of rotatable bonds is 6. The average molecular weight is 437 g/mol. The summed E-state index contributed by atoms with van der Waals surface area (Å²) in [5.74, 6) is -0.161. The Morgan fingerprint density at radius 3 is 2.47 bits per heavy atom. The molecule has 2 aliphatic heterocycles. The molecule has 1 fully saturated rings. The molecule has 2 heterocycles. The van der Waals surface area contributed by atoms with Gasteiger partial charge in [-0.15, -0.1) is 0 Å². The fourth-order valence-corrected chi connectivity index (χ4v) is 3.89. The summed E-state index contributed by atoms with van der Waals surface area (Å²) in [5.41, 5.74) is 1.33. The summed E-state index contributed by atoms with van der Waals surface area (Å²) in [4.78, 5) is 39.9. The van der Waals surface area contributed by atoms with Gasteiger partial charge in [-0.2, -0.15) is 0 Å². The number of hydrogen-bond donors (Lipinski definition) is 2. The van der Waals surface area contributed by atoms with Crippen LogP contribution in [-0.2, 0) is 14.4 Å². The molecule has 2 N–H and O–H groups in total. The van der Waals surface area contributed by atoms with Gasteiger partial charge in [0.05, 0.1) is 5.92 Å². The van der Waals surface area contributed by atoms with Crippen LogP contribution in [0.5, 0.6) is 11.5 Å². The minimum atomic E-state index is -0.739. The molecule has 2 aliphatic rings. The quantitative estimate of drug-likeness (QED) is 0.724. The first kappa shape index (κ1) is 21.7. The van der Waals surface area contributed by atoms with Crippen LogP contribution in [0.1, 0.15) is 20.3 Å². The number of benzene rings is 2. The SMILES string of the molecule is CC(C)[C@@H](NC(=O)[C@H]1CC(=O)N(c2ccccc2)C1)C(=O)Nc1ccc2c(c1)OCCO2. The van der Waals surface area contributed by atoms with Crippen LogP contribution in [0.25, 0.3) is 0 Å². The predicted molar refractivity (Wildman–Crippen MR) is 120 cm³/mol. The second kappa shape index (κ2) is 9.30. The number of carbonyl (C=O) groups is 3. The molecule has 168 valence electrons. The van der Waals surface area contributed by atoms with Crippen molar-refractivity contribution in [1.82, 2.24) is 5.32 Å². The Hall–Kier alpha value is -3.55. The van der Waals surface area contributed by atoms with E-state index in [2.05, 4.69) is 10.6 Å². The molecular formula is C24H27N3O5. The highest BCUT2D eigenvalue weighted by atomic mass is 16.6. The van der Waals surface area contributed by atoms with Gasteiger partial charge in [-0.3, -0.25) is 14.4 Å². The van der Waals surface area contributed by atoms with Crippen LogP contribution in [-0.4, -0.2) is 43.5 Å². The number of nitrogens with zero attached hydrogens (tertiary/aromatic N) is 1. The molecule has 0 spiro atoms. The van der Waals surface area contributed by atoms with E-state index < -0.39 is 12.0 Å². The van der Waals surface area contributed by atoms with E-state index in [-0.39, 0.29) is 30.1 Å². The summed E-state index contributed by atoms with van der Waals surface area (Å²) in [6.07, 6.45) is 0.120. The van der Waals surface area contributed by atoms with E-state index >= 15 is 0 Å². The number of amides is 3. The lowest BCUT2D eigenvalue weighted by atomic mass is 10.0. The van der Waals surface area contributed by atoms with Crippen LogP contribution in [0.4, 0.5) is 11.4 Å². The van der Waals surface area contributed by atoms with Crippen molar-refractivity contribution in [2.24, 2.45) is 11.8 Å². The predicted octanol–water partition coefficient (Wildman–Crippen LogP) is 2.59. The van der Waals surface area contributed by atoms with Gasteiger partial charge in [-0.1, -0.05) is 32.0 Å². The summed E-state index contributed by atoms with van der Waals surface area (Å²) in [6.45, 7) is 4.97. The molecule has 0 radical (unpaired) electrons. The van der Waals surface area contributed by atoms with Crippen molar-refractivity contribution in [2.45, 2.75) is 26.3 Å². The van der Waals surface area contributed by atoms with E-state index in [1.54, 1.807) is 23.1 Å². The molecule has 2 aromatic rings. The molecular weight excluding hydrogens is 410 g/mol. The molecule has 32 heavy (non-hydrogen) atoms. The monoisotopic (exact) mass is 437 g/mol. The van der Waals surface area contributed by atoms with Gasteiger partial charge in [0, 0.05) is 30.4 Å². The first-order chi connectivity index (χ1) is 15.4. The second-order valence-corrected chi connectivity index (χ2v) is 8.32. The summed E-state index contributed by atoms with van der Waals surface area (Å²) >= 11 is 0. The van der Waals surface area contributed by atoms with Gasteiger partial charge in [0.1, 0.15) is 19.3 Å². The number of nitrogens with one attached hydrogen (secondary N) is 2. The third-order valence-corrected chi connectivity index (χ3v) is 5.62. The maximum atomic E-state index is 12.9. The topological polar surface area (TPSA) is 97.0 Å². The van der Waals surface area contributed by atoms with E-state index in [4.69, 9.17) is 9.47 Å². The van der Waals surface area contributed by atoms with Crippen LogP contribution >= 0.6 is 0 Å². The number of hydrogen-bond acceptors (Lipinski definition) is 5. The first-order valence-corrected chi connectivity index (χ1v) is 10.8. The molecule has 8 nitrogen and oxygen atoms in total. The van der Waals surface area contributed by atoms with Crippen molar-refractivity contribution >= 4 is 29.1 Å².